The first-order valence-electron chi connectivity index (χ1n) is 36.9. The molecule has 2 aliphatic carbocycles. The van der Waals surface area contributed by atoms with Crippen molar-refractivity contribution in [3.8, 4) is 66.8 Å². The average molecular weight is 1350 g/mol. The normalized spacial score (nSPS) is 13.4. The number of hydrogen-bond donors (Lipinski definition) is 0. The fourth-order valence-corrected chi connectivity index (χ4v) is 18.7. The van der Waals surface area contributed by atoms with Crippen molar-refractivity contribution in [2.45, 2.75) is 38.5 Å². The topological polar surface area (TPSA) is 32.8 Å². The summed E-state index contributed by atoms with van der Waals surface area (Å²) in [4.78, 5) is 4.95. The average Bonchev–Trinajstić information content (AvgIpc) is 0.975. The SMILES string of the molecule is CC1(C)c2ccccc2-c2cc(-c3cccc(N(c4ccc5ccc6c(N(c7cccc(-c8ccc9c(c8)C(C)(C)c8ccccc8-9)c7)c7cccc8c7oc7c(-c9ccccc9)cc9ccccc9c78)ccc7ccc4c5c76)c4cccc5c4oc4c(-c6ccccc6)cc6ccccc6c45)c3)ccc21. The Hall–Kier alpha value is -13.3. The van der Waals surface area contributed by atoms with E-state index >= 15 is 0 Å². The van der Waals surface area contributed by atoms with E-state index in [-0.39, 0.29) is 10.8 Å². The molecule has 22 rings (SSSR count). The second kappa shape index (κ2) is 22.6. The van der Waals surface area contributed by atoms with E-state index in [0.29, 0.717) is 0 Å². The summed E-state index contributed by atoms with van der Waals surface area (Å²) in [5.74, 6) is 0. The zero-order valence-electron chi connectivity index (χ0n) is 59.0. The number of benzene rings is 18. The molecule has 0 spiro atoms. The van der Waals surface area contributed by atoms with E-state index in [4.69, 9.17) is 8.83 Å². The minimum atomic E-state index is -0.162. The third kappa shape index (κ3) is 8.76. The number of furan rings is 2. The second-order valence-electron chi connectivity index (χ2n) is 30.2. The van der Waals surface area contributed by atoms with Gasteiger partial charge in [0.05, 0.1) is 22.7 Å². The Kier molecular flexibility index (Phi) is 12.9. The maximum atomic E-state index is 7.59. The van der Waals surface area contributed by atoms with E-state index in [2.05, 4.69) is 377 Å². The molecule has 0 saturated carbocycles. The molecule has 2 aromatic heterocycles. The lowest BCUT2D eigenvalue weighted by atomic mass is 9.81. The van der Waals surface area contributed by atoms with Crippen molar-refractivity contribution >= 4 is 132 Å². The summed E-state index contributed by atoms with van der Waals surface area (Å²) in [7, 11) is 0. The largest absolute Gasteiger partial charge is 0.453 e. The van der Waals surface area contributed by atoms with Gasteiger partial charge >= 0.3 is 0 Å². The van der Waals surface area contributed by atoms with Crippen LogP contribution in [0.5, 0.6) is 0 Å². The van der Waals surface area contributed by atoms with Crippen LogP contribution >= 0.6 is 0 Å². The van der Waals surface area contributed by atoms with E-state index in [1.807, 2.05) is 0 Å². The van der Waals surface area contributed by atoms with Crippen LogP contribution in [0, 0.1) is 0 Å². The van der Waals surface area contributed by atoms with E-state index in [9.17, 15) is 0 Å². The lowest BCUT2D eigenvalue weighted by Gasteiger charge is -2.29. The quantitative estimate of drug-likeness (QED) is 0.128. The Morgan fingerprint density at radius 3 is 1.14 bits per heavy atom. The van der Waals surface area contributed by atoms with Gasteiger partial charge in [-0.1, -0.05) is 295 Å². The highest BCUT2D eigenvalue weighted by atomic mass is 16.3. The standard InChI is InChI=1S/C102H68N2O2/c1-101(2)86-40-18-16-36-76(86)84-57-67(46-52-87(84)101)65-29-19-31-71(55-65)103(91-41-21-37-80-95-73-33-13-11-27-69(73)58-82(99(95)105-97(80)91)61-23-7-5-8-24-61)89-53-47-63-44-51-79-90(54-48-64-43-50-78(89)93(63)94(64)79)104(72-32-20-30-66(56-72)68-45-49-77-75-35-15-17-39-85(75)102(3,4)88(77)60-68)92-42-22-38-81-96-74-34-14-12-28-70(74)59-83(100(96)106-98(81)92)62-25-9-6-10-26-62/h5-60H,1-4H3. The Morgan fingerprint density at radius 1 is 0.208 bits per heavy atom. The molecule has 2 aliphatic rings. The predicted octanol–water partition coefficient (Wildman–Crippen LogP) is 28.9. The highest BCUT2D eigenvalue weighted by Gasteiger charge is 2.38. The van der Waals surface area contributed by atoms with Crippen molar-refractivity contribution in [3.05, 3.63) is 362 Å². The van der Waals surface area contributed by atoms with E-state index in [1.54, 1.807) is 0 Å². The monoisotopic (exact) mass is 1350 g/mol. The van der Waals surface area contributed by atoms with Gasteiger partial charge in [0.1, 0.15) is 11.2 Å². The molecule has 0 bridgehead atoms. The molecule has 4 heteroatoms. The maximum Gasteiger partial charge on any atom is 0.159 e. The van der Waals surface area contributed by atoms with E-state index in [0.717, 1.165) is 149 Å². The van der Waals surface area contributed by atoms with Gasteiger partial charge in [-0.15, -0.1) is 0 Å². The molecule has 0 N–H and O–H groups in total. The third-order valence-corrected chi connectivity index (χ3v) is 23.7. The molecule has 0 radical (unpaired) electrons. The highest BCUT2D eigenvalue weighted by molar-refractivity contribution is 6.30. The Labute approximate surface area is 613 Å². The van der Waals surface area contributed by atoms with Crippen LogP contribution in [0.1, 0.15) is 49.9 Å². The number of hydrogen-bond acceptors (Lipinski definition) is 4. The number of rotatable bonds is 10. The van der Waals surface area contributed by atoms with E-state index in [1.165, 1.54) is 71.6 Å². The molecule has 0 unspecified atom stereocenters. The summed E-state index contributed by atoms with van der Waals surface area (Å²) in [6, 6.07) is 126. The molecule has 0 saturated heterocycles. The smallest absolute Gasteiger partial charge is 0.159 e. The summed E-state index contributed by atoms with van der Waals surface area (Å²) in [5, 5.41) is 15.9. The van der Waals surface area contributed by atoms with Gasteiger partial charge in [0, 0.05) is 65.6 Å². The predicted molar refractivity (Wildman–Crippen MR) is 446 cm³/mol. The molecule has 2 heterocycles. The Morgan fingerprint density at radius 2 is 0.604 bits per heavy atom. The Balaban J connectivity index is 0.784. The number of anilines is 6. The fraction of sp³-hybridized carbons (Fsp3) is 0.0588. The molecule has 20 aromatic rings. The highest BCUT2D eigenvalue weighted by Crippen LogP contribution is 2.56. The van der Waals surface area contributed by atoms with Gasteiger partial charge in [0.15, 0.2) is 11.2 Å². The summed E-state index contributed by atoms with van der Waals surface area (Å²) < 4.78 is 15.2. The van der Waals surface area contributed by atoms with Gasteiger partial charge in [0.25, 0.3) is 0 Å². The minimum Gasteiger partial charge on any atom is -0.453 e. The maximum absolute atomic E-state index is 7.59. The first kappa shape index (κ1) is 60.3. The van der Waals surface area contributed by atoms with Crippen LogP contribution in [0.15, 0.2) is 349 Å². The van der Waals surface area contributed by atoms with Crippen molar-refractivity contribution in [3.63, 3.8) is 0 Å². The van der Waals surface area contributed by atoms with Crippen LogP contribution in [0.2, 0.25) is 0 Å². The van der Waals surface area contributed by atoms with Gasteiger partial charge in [-0.25, -0.2) is 0 Å². The van der Waals surface area contributed by atoms with Crippen LogP contribution < -0.4 is 9.80 Å². The molecule has 106 heavy (non-hydrogen) atoms. The zero-order valence-corrected chi connectivity index (χ0v) is 59.0. The summed E-state index contributed by atoms with van der Waals surface area (Å²) in [6.45, 7) is 9.44. The molecular weight excluding hydrogens is 1290 g/mol. The van der Waals surface area contributed by atoms with E-state index < -0.39 is 0 Å². The third-order valence-electron chi connectivity index (χ3n) is 23.7. The van der Waals surface area contributed by atoms with Gasteiger partial charge in [0.2, 0.25) is 0 Å². The molecule has 18 aromatic carbocycles. The van der Waals surface area contributed by atoms with Crippen LogP contribution in [0.3, 0.4) is 0 Å². The lowest BCUT2D eigenvalue weighted by molar-refractivity contribution is 0.660. The Bertz CT molecular complexity index is 7090. The molecule has 0 fully saturated rings. The van der Waals surface area contributed by atoms with Crippen LogP contribution in [0.4, 0.5) is 34.1 Å². The summed E-state index contributed by atoms with van der Waals surface area (Å²) in [6.07, 6.45) is 0. The van der Waals surface area contributed by atoms with Gasteiger partial charge < -0.3 is 18.6 Å². The molecule has 498 valence electrons. The molecular formula is C102H68N2O2. The minimum absolute atomic E-state index is 0.111. The second-order valence-corrected chi connectivity index (χ2v) is 30.2. The van der Waals surface area contributed by atoms with Crippen LogP contribution in [-0.2, 0) is 10.8 Å². The number of para-hydroxylation sites is 2. The number of fused-ring (bicyclic) bond motifs is 16. The van der Waals surface area contributed by atoms with Crippen LogP contribution in [0.25, 0.3) is 165 Å². The first-order chi connectivity index (χ1) is 52.1. The van der Waals surface area contributed by atoms with Crippen molar-refractivity contribution in [1.82, 2.24) is 0 Å². The van der Waals surface area contributed by atoms with Gasteiger partial charge in [-0.05, 0) is 194 Å². The first-order valence-corrected chi connectivity index (χ1v) is 36.9. The van der Waals surface area contributed by atoms with Crippen molar-refractivity contribution in [1.29, 1.82) is 0 Å². The van der Waals surface area contributed by atoms with Crippen molar-refractivity contribution < 1.29 is 8.83 Å². The van der Waals surface area contributed by atoms with Gasteiger partial charge in [-0.2, -0.15) is 0 Å². The summed E-state index contributed by atoms with van der Waals surface area (Å²) in [5.41, 5.74) is 28.7. The number of nitrogens with zero attached hydrogens (tertiary/aromatic N) is 2. The molecule has 0 aliphatic heterocycles. The van der Waals surface area contributed by atoms with Crippen molar-refractivity contribution in [2.75, 3.05) is 9.80 Å². The molecule has 0 amide bonds. The zero-order chi connectivity index (χ0) is 70.3. The molecule has 4 nitrogen and oxygen atoms in total. The summed E-state index contributed by atoms with van der Waals surface area (Å²) >= 11 is 0. The lowest BCUT2D eigenvalue weighted by Crippen LogP contribution is -2.14. The van der Waals surface area contributed by atoms with Crippen LogP contribution in [-0.4, -0.2) is 0 Å². The molecule has 0 atom stereocenters. The van der Waals surface area contributed by atoms with Gasteiger partial charge in [-0.3, -0.25) is 0 Å². The fourth-order valence-electron chi connectivity index (χ4n) is 18.7. The van der Waals surface area contributed by atoms with Crippen molar-refractivity contribution in [2.24, 2.45) is 0 Å².